The molecule has 0 saturated heterocycles. The minimum absolute atomic E-state index is 0.428. The van der Waals surface area contributed by atoms with E-state index in [9.17, 15) is 9.59 Å². The van der Waals surface area contributed by atoms with E-state index in [2.05, 4.69) is 5.32 Å². The van der Waals surface area contributed by atoms with Crippen LogP contribution in [-0.4, -0.2) is 11.7 Å². The number of aryl methyl sites for hydroxylation is 1. The highest BCUT2D eigenvalue weighted by molar-refractivity contribution is 6.51. The zero-order chi connectivity index (χ0) is 10.7. The molecule has 0 atom stereocenters. The van der Waals surface area contributed by atoms with Gasteiger partial charge in [0, 0.05) is 0 Å². The molecule has 3 heteroatoms. The molecular weight excluding hydrogens is 178 g/mol. The smallest absolute Gasteiger partial charge is 0.296 e. The number of hydrogen-bond acceptors (Lipinski definition) is 2. The number of benzene rings is 1. The largest absolute Gasteiger partial charge is 0.318 e. The van der Waals surface area contributed by atoms with Gasteiger partial charge in [-0.2, -0.15) is 0 Å². The van der Waals surface area contributed by atoms with Crippen molar-refractivity contribution in [2.24, 2.45) is 0 Å². The van der Waals surface area contributed by atoms with Gasteiger partial charge in [0.05, 0.1) is 11.3 Å². The third-order valence-corrected chi connectivity index (χ3v) is 1.95. The van der Waals surface area contributed by atoms with Crippen LogP contribution in [0.2, 0.25) is 0 Å². The molecule has 1 amide bonds. The highest BCUT2D eigenvalue weighted by Gasteiger charge is 2.28. The first-order valence-corrected chi connectivity index (χ1v) is 4.65. The Hall–Kier alpha value is -1.64. The minimum Gasteiger partial charge on any atom is -0.318 e. The summed E-state index contributed by atoms with van der Waals surface area (Å²) in [6.45, 7) is 5.82. The molecule has 1 aromatic carbocycles. The number of rotatable bonds is 0. The van der Waals surface area contributed by atoms with Gasteiger partial charge in [0.25, 0.3) is 11.7 Å². The molecule has 0 aromatic heterocycles. The molecule has 0 aliphatic carbocycles. The number of nitrogens with one attached hydrogen (secondary N) is 1. The Labute approximate surface area is 83.1 Å². The lowest BCUT2D eigenvalue weighted by atomic mass is 10.1. The normalized spacial score (nSPS) is 12.8. The predicted molar refractivity (Wildman–Crippen MR) is 55.5 cm³/mol. The van der Waals surface area contributed by atoms with Gasteiger partial charge in [0.2, 0.25) is 0 Å². The SMILES string of the molecule is CC.Cc1cccc2c1C(=O)C(=O)N2. The van der Waals surface area contributed by atoms with Gasteiger partial charge in [-0.05, 0) is 18.6 Å². The molecule has 14 heavy (non-hydrogen) atoms. The van der Waals surface area contributed by atoms with Gasteiger partial charge < -0.3 is 5.32 Å². The van der Waals surface area contributed by atoms with Crippen LogP contribution in [0.3, 0.4) is 0 Å². The number of fused-ring (bicyclic) bond motifs is 1. The third-order valence-electron chi connectivity index (χ3n) is 1.95. The minimum atomic E-state index is -0.528. The summed E-state index contributed by atoms with van der Waals surface area (Å²) in [7, 11) is 0. The summed E-state index contributed by atoms with van der Waals surface area (Å²) < 4.78 is 0. The molecule has 0 bridgehead atoms. The van der Waals surface area contributed by atoms with Crippen LogP contribution in [0.4, 0.5) is 5.69 Å². The molecule has 2 rings (SSSR count). The monoisotopic (exact) mass is 191 g/mol. The van der Waals surface area contributed by atoms with Crippen molar-refractivity contribution >= 4 is 17.4 Å². The van der Waals surface area contributed by atoms with Crippen LogP contribution in [0, 0.1) is 6.92 Å². The highest BCUT2D eigenvalue weighted by atomic mass is 16.2. The van der Waals surface area contributed by atoms with Crippen molar-refractivity contribution in [3.63, 3.8) is 0 Å². The van der Waals surface area contributed by atoms with Gasteiger partial charge in [0.1, 0.15) is 0 Å². The van der Waals surface area contributed by atoms with E-state index in [-0.39, 0.29) is 0 Å². The summed E-state index contributed by atoms with van der Waals surface area (Å²) in [5.41, 5.74) is 1.99. The molecule has 1 heterocycles. The lowest BCUT2D eigenvalue weighted by Crippen LogP contribution is -2.12. The van der Waals surface area contributed by atoms with Crippen molar-refractivity contribution in [1.82, 2.24) is 0 Å². The summed E-state index contributed by atoms with van der Waals surface area (Å²) in [5.74, 6) is -0.956. The van der Waals surface area contributed by atoms with Crippen LogP contribution in [0.25, 0.3) is 0 Å². The van der Waals surface area contributed by atoms with Crippen LogP contribution in [0.5, 0.6) is 0 Å². The number of amides is 1. The maximum atomic E-state index is 11.2. The summed E-state index contributed by atoms with van der Waals surface area (Å²) in [6.07, 6.45) is 0. The Morgan fingerprint density at radius 1 is 1.14 bits per heavy atom. The fourth-order valence-corrected chi connectivity index (χ4v) is 1.37. The van der Waals surface area contributed by atoms with E-state index < -0.39 is 11.7 Å². The van der Waals surface area contributed by atoms with E-state index >= 15 is 0 Å². The van der Waals surface area contributed by atoms with E-state index in [0.29, 0.717) is 11.3 Å². The molecular formula is C11H13NO2. The molecule has 1 aliphatic heterocycles. The average molecular weight is 191 g/mol. The Kier molecular flexibility index (Phi) is 3.02. The van der Waals surface area contributed by atoms with E-state index in [1.165, 1.54) is 0 Å². The molecule has 1 aromatic rings. The predicted octanol–water partition coefficient (Wildman–Crippen LogP) is 2.16. The number of carbonyl (C=O) groups is 2. The van der Waals surface area contributed by atoms with Crippen molar-refractivity contribution in [3.05, 3.63) is 29.3 Å². The Balaban J connectivity index is 0.000000461. The Morgan fingerprint density at radius 3 is 2.36 bits per heavy atom. The summed E-state index contributed by atoms with van der Waals surface area (Å²) in [6, 6.07) is 5.36. The van der Waals surface area contributed by atoms with Gasteiger partial charge in [-0.1, -0.05) is 26.0 Å². The second-order valence-electron chi connectivity index (χ2n) is 2.78. The van der Waals surface area contributed by atoms with Gasteiger partial charge in [-0.15, -0.1) is 0 Å². The summed E-state index contributed by atoms with van der Waals surface area (Å²) in [5, 5.41) is 2.50. The Bertz CT molecular complexity index is 383. The molecule has 0 saturated carbocycles. The van der Waals surface area contributed by atoms with Crippen LogP contribution >= 0.6 is 0 Å². The van der Waals surface area contributed by atoms with Gasteiger partial charge in [-0.25, -0.2) is 0 Å². The molecule has 0 spiro atoms. The maximum absolute atomic E-state index is 11.2. The van der Waals surface area contributed by atoms with Crippen molar-refractivity contribution in [1.29, 1.82) is 0 Å². The van der Waals surface area contributed by atoms with E-state index in [1.807, 2.05) is 32.9 Å². The molecule has 0 fully saturated rings. The van der Waals surface area contributed by atoms with Crippen molar-refractivity contribution < 1.29 is 9.59 Å². The highest BCUT2D eigenvalue weighted by Crippen LogP contribution is 2.25. The summed E-state index contributed by atoms with van der Waals surface area (Å²) in [4.78, 5) is 22.1. The first-order chi connectivity index (χ1) is 6.70. The van der Waals surface area contributed by atoms with Crippen molar-refractivity contribution in [2.75, 3.05) is 5.32 Å². The molecule has 1 N–H and O–H groups in total. The zero-order valence-corrected chi connectivity index (χ0v) is 8.55. The van der Waals surface area contributed by atoms with Gasteiger partial charge >= 0.3 is 0 Å². The van der Waals surface area contributed by atoms with Crippen molar-refractivity contribution in [3.8, 4) is 0 Å². The molecule has 74 valence electrons. The maximum Gasteiger partial charge on any atom is 0.296 e. The molecule has 0 unspecified atom stereocenters. The lowest BCUT2D eigenvalue weighted by Gasteiger charge is -1.97. The number of hydrogen-bond donors (Lipinski definition) is 1. The quantitative estimate of drug-likeness (QED) is 0.639. The molecule has 1 aliphatic rings. The first kappa shape index (κ1) is 10.4. The Morgan fingerprint density at radius 2 is 1.79 bits per heavy atom. The number of carbonyl (C=O) groups excluding carboxylic acids is 2. The third kappa shape index (κ3) is 1.53. The number of anilines is 1. The van der Waals surface area contributed by atoms with E-state index in [0.717, 1.165) is 5.56 Å². The molecule has 3 nitrogen and oxygen atoms in total. The van der Waals surface area contributed by atoms with Crippen LogP contribution in [0.15, 0.2) is 18.2 Å². The van der Waals surface area contributed by atoms with Crippen LogP contribution in [0.1, 0.15) is 29.8 Å². The van der Waals surface area contributed by atoms with Crippen LogP contribution in [-0.2, 0) is 4.79 Å². The van der Waals surface area contributed by atoms with Crippen LogP contribution < -0.4 is 5.32 Å². The van der Waals surface area contributed by atoms with E-state index in [4.69, 9.17) is 0 Å². The van der Waals surface area contributed by atoms with Crippen molar-refractivity contribution in [2.45, 2.75) is 20.8 Å². The average Bonchev–Trinajstić information content (AvgIpc) is 2.47. The second kappa shape index (κ2) is 4.05. The second-order valence-corrected chi connectivity index (χ2v) is 2.78. The lowest BCUT2D eigenvalue weighted by molar-refractivity contribution is -0.112. The van der Waals surface area contributed by atoms with E-state index in [1.54, 1.807) is 6.07 Å². The standard InChI is InChI=1S/C9H7NO2.C2H6/c1-5-3-2-4-6-7(5)8(11)9(12)10-6;1-2/h2-4H,1H3,(H,10,11,12);1-2H3. The zero-order valence-electron chi connectivity index (χ0n) is 8.55. The summed E-state index contributed by atoms with van der Waals surface area (Å²) >= 11 is 0. The topological polar surface area (TPSA) is 46.2 Å². The number of ketones is 1. The van der Waals surface area contributed by atoms with Gasteiger partial charge in [0.15, 0.2) is 0 Å². The van der Waals surface area contributed by atoms with Gasteiger partial charge in [-0.3, -0.25) is 9.59 Å². The fraction of sp³-hybridized carbons (Fsp3) is 0.273. The molecule has 0 radical (unpaired) electrons. The first-order valence-electron chi connectivity index (χ1n) is 4.65. The fourth-order valence-electron chi connectivity index (χ4n) is 1.37. The number of Topliss-reactive ketones (excluding diaryl/α,β-unsaturated/α-hetero) is 1.